The van der Waals surface area contributed by atoms with Crippen LogP contribution < -0.4 is 5.73 Å². The van der Waals surface area contributed by atoms with E-state index in [2.05, 4.69) is 5.16 Å². The summed E-state index contributed by atoms with van der Waals surface area (Å²) >= 11 is 0. The third kappa shape index (κ3) is 11.8. The van der Waals surface area contributed by atoms with Crippen molar-refractivity contribution in [3.63, 3.8) is 0 Å². The molecule has 0 aromatic heterocycles. The number of methoxy groups -OCH3 is 1. The number of aliphatic hydroxyl groups is 5. The van der Waals surface area contributed by atoms with E-state index in [9.17, 15) is 30.3 Å². The minimum absolute atomic E-state index is 0.0316. The number of ether oxygens (including phenoxy) is 7. The van der Waals surface area contributed by atoms with Crippen molar-refractivity contribution in [2.24, 2.45) is 34.6 Å². The topological polar surface area (TPSA) is 234 Å². The van der Waals surface area contributed by atoms with Crippen molar-refractivity contribution in [2.45, 2.75) is 179 Å². The summed E-state index contributed by atoms with van der Waals surface area (Å²) in [5.74, 6) is -4.14. The van der Waals surface area contributed by atoms with E-state index in [-0.39, 0.29) is 51.4 Å². The first-order valence-corrected chi connectivity index (χ1v) is 20.5. The second-order valence-corrected chi connectivity index (χ2v) is 17.5. The van der Waals surface area contributed by atoms with Crippen molar-refractivity contribution in [3.8, 4) is 0 Å². The number of likely N-dealkylation sites (N-methyl/N-ethyl adjacent to an activating group) is 1. The van der Waals surface area contributed by atoms with E-state index in [0.717, 1.165) is 0 Å². The molecule has 3 rings (SSSR count). The number of carbonyl (C=O) groups excluding carboxylic acids is 1. The van der Waals surface area contributed by atoms with Gasteiger partial charge in [-0.05, 0) is 74.9 Å². The van der Waals surface area contributed by atoms with Crippen LogP contribution in [0.25, 0.3) is 0 Å². The van der Waals surface area contributed by atoms with Gasteiger partial charge in [-0.25, -0.2) is 0 Å². The van der Waals surface area contributed by atoms with Crippen LogP contribution in [0.5, 0.6) is 0 Å². The molecule has 2 unspecified atom stereocenters. The third-order valence-electron chi connectivity index (χ3n) is 12.4. The lowest BCUT2D eigenvalue weighted by molar-refractivity contribution is -0.317. The lowest BCUT2D eigenvalue weighted by Crippen LogP contribution is -2.61. The van der Waals surface area contributed by atoms with Gasteiger partial charge in [0, 0.05) is 43.9 Å². The van der Waals surface area contributed by atoms with Gasteiger partial charge in [-0.2, -0.15) is 0 Å². The van der Waals surface area contributed by atoms with Crippen LogP contribution in [0.2, 0.25) is 0 Å². The molecule has 17 heteroatoms. The van der Waals surface area contributed by atoms with E-state index in [0.29, 0.717) is 12.1 Å². The van der Waals surface area contributed by atoms with E-state index >= 15 is 0 Å². The smallest absolute Gasteiger partial charge is 0.311 e. The van der Waals surface area contributed by atoms with Crippen LogP contribution >= 0.6 is 0 Å². The Kier molecular flexibility index (Phi) is 18.2. The highest BCUT2D eigenvalue weighted by Gasteiger charge is 2.53. The van der Waals surface area contributed by atoms with Crippen molar-refractivity contribution in [2.75, 3.05) is 41.1 Å². The Bertz CT molecular complexity index is 1290. The number of cyclic esters (lactones) is 1. The molecular weight excluding hydrogens is 746 g/mol. The zero-order valence-electron chi connectivity index (χ0n) is 36.5. The van der Waals surface area contributed by atoms with Crippen molar-refractivity contribution in [1.29, 1.82) is 0 Å². The average Bonchev–Trinajstić information content (AvgIpc) is 3.14. The zero-order valence-corrected chi connectivity index (χ0v) is 36.5. The first-order valence-electron chi connectivity index (χ1n) is 20.5. The van der Waals surface area contributed by atoms with Crippen molar-refractivity contribution < 1.29 is 68.3 Å². The lowest BCUT2D eigenvalue weighted by atomic mass is 9.73. The van der Waals surface area contributed by atoms with Gasteiger partial charge in [0.05, 0.1) is 60.0 Å². The number of nitrogens with two attached hydrogens (primary N) is 1. The molecule has 3 fully saturated rings. The second kappa shape index (κ2) is 20.8. The highest BCUT2D eigenvalue weighted by atomic mass is 16.7. The van der Waals surface area contributed by atoms with Crippen LogP contribution in [0.4, 0.5) is 0 Å². The molecule has 0 aromatic rings. The molecule has 0 bridgehead atoms. The quantitative estimate of drug-likeness (QED) is 0.0709. The standard InChI is InChI=1S/C40H75N3O14/c1-14-28-40(10,49)33(45)23(4)30(42-52-20-51-16-15-41)21(2)18-38(8,48)35(57-37-31(44)27(43(11)12)17-22(3)53-37)24(5)32(25(6)36(47)55-28)56-29-19-39(9,50-13)34(46)26(7)54-29/h21-29,31-35,37,44-46,48-49H,14-20,41H2,1-13H3/b42-30+/t21-,22-,23+,24+,25-,26+,27+,28?,29+,31-,32?,33-,34+,35-,37+,38-,39-,40-/m1/s1. The van der Waals surface area contributed by atoms with Gasteiger partial charge in [-0.15, -0.1) is 0 Å². The molecule has 3 saturated heterocycles. The largest absolute Gasteiger partial charge is 0.459 e. The maximum absolute atomic E-state index is 14.3. The SMILES string of the molecule is CCC1OC(=O)[C@H](C)C(O[C@H]2C[C@@](C)(OC)[C@@H](O)[C@H](C)O2)[C@H](C)[C@@H](O[C@@H]2O[C@H](C)C[C@H](N(C)C)[C@H]2O)[C@](C)(O)C[C@@H](C)/C(=N\OCOCCN)[C@H](C)[C@@H](O)[C@]1(C)O. The molecule has 334 valence electrons. The molecule has 3 aliphatic heterocycles. The highest BCUT2D eigenvalue weighted by Crippen LogP contribution is 2.41. The minimum atomic E-state index is -1.97. The first-order chi connectivity index (χ1) is 26.5. The summed E-state index contributed by atoms with van der Waals surface area (Å²) in [6.07, 6.45) is -9.49. The number of hydrogen-bond acceptors (Lipinski definition) is 17. The number of aliphatic hydroxyl groups excluding tert-OH is 3. The van der Waals surface area contributed by atoms with Crippen LogP contribution in [0.3, 0.4) is 0 Å². The fourth-order valence-electron chi connectivity index (χ4n) is 8.87. The number of oxime groups is 1. The molecule has 7 N–H and O–H groups in total. The van der Waals surface area contributed by atoms with E-state index in [1.807, 2.05) is 25.9 Å². The molecular formula is C40H75N3O14. The fraction of sp³-hybridized carbons (Fsp3) is 0.950. The normalized spacial score (nSPS) is 46.4. The van der Waals surface area contributed by atoms with Crippen molar-refractivity contribution in [1.82, 2.24) is 4.90 Å². The molecule has 18 atom stereocenters. The Labute approximate surface area is 339 Å². The molecule has 0 aromatic carbocycles. The summed E-state index contributed by atoms with van der Waals surface area (Å²) < 4.78 is 43.0. The van der Waals surface area contributed by atoms with Crippen molar-refractivity contribution >= 4 is 11.7 Å². The number of rotatable bonds is 12. The van der Waals surface area contributed by atoms with Gasteiger partial charge in [-0.3, -0.25) is 4.79 Å². The van der Waals surface area contributed by atoms with Gasteiger partial charge in [0.2, 0.25) is 6.79 Å². The van der Waals surface area contributed by atoms with Crippen LogP contribution in [0.15, 0.2) is 5.16 Å². The first kappa shape index (κ1) is 49.8. The van der Waals surface area contributed by atoms with Gasteiger partial charge < -0.3 is 74.2 Å². The fourth-order valence-corrected chi connectivity index (χ4v) is 8.87. The minimum Gasteiger partial charge on any atom is -0.459 e. The van der Waals surface area contributed by atoms with E-state index in [1.165, 1.54) is 14.0 Å². The zero-order chi connectivity index (χ0) is 43.2. The van der Waals surface area contributed by atoms with E-state index < -0.39 is 102 Å². The summed E-state index contributed by atoms with van der Waals surface area (Å²) in [6.45, 7) is 17.2. The molecule has 3 heterocycles. The number of nitrogens with zero attached hydrogens (tertiary/aromatic N) is 2. The Hall–Kier alpha value is -1.58. The van der Waals surface area contributed by atoms with Gasteiger partial charge >= 0.3 is 5.97 Å². The third-order valence-corrected chi connectivity index (χ3v) is 12.4. The summed E-state index contributed by atoms with van der Waals surface area (Å²) in [6, 6.07) is -0.328. The Morgan fingerprint density at radius 2 is 1.60 bits per heavy atom. The second-order valence-electron chi connectivity index (χ2n) is 17.5. The molecule has 0 radical (unpaired) electrons. The summed E-state index contributed by atoms with van der Waals surface area (Å²) in [7, 11) is 5.21. The number of hydrogen-bond donors (Lipinski definition) is 6. The Morgan fingerprint density at radius 1 is 0.947 bits per heavy atom. The molecule has 0 saturated carbocycles. The predicted octanol–water partition coefficient (Wildman–Crippen LogP) is 1.52. The van der Waals surface area contributed by atoms with E-state index in [1.54, 1.807) is 55.4 Å². The predicted molar refractivity (Wildman–Crippen MR) is 210 cm³/mol. The summed E-state index contributed by atoms with van der Waals surface area (Å²) in [5.41, 5.74) is 1.06. The Balaban J connectivity index is 2.23. The van der Waals surface area contributed by atoms with Gasteiger partial charge in [0.1, 0.15) is 23.9 Å². The monoisotopic (exact) mass is 822 g/mol. The summed E-state index contributed by atoms with van der Waals surface area (Å²) in [5, 5.41) is 63.4. The Morgan fingerprint density at radius 3 is 2.18 bits per heavy atom. The number of esters is 1. The summed E-state index contributed by atoms with van der Waals surface area (Å²) in [4.78, 5) is 21.7. The van der Waals surface area contributed by atoms with Gasteiger partial charge in [0.25, 0.3) is 0 Å². The highest BCUT2D eigenvalue weighted by molar-refractivity contribution is 5.88. The van der Waals surface area contributed by atoms with Crippen LogP contribution in [0, 0.1) is 23.7 Å². The average molecular weight is 822 g/mol. The van der Waals surface area contributed by atoms with E-state index in [4.69, 9.17) is 43.7 Å². The molecule has 0 spiro atoms. The molecule has 57 heavy (non-hydrogen) atoms. The van der Waals surface area contributed by atoms with Crippen molar-refractivity contribution in [3.05, 3.63) is 0 Å². The lowest BCUT2D eigenvalue weighted by Gasteiger charge is -2.49. The van der Waals surface area contributed by atoms with Crippen LogP contribution in [-0.2, 0) is 42.8 Å². The molecule has 17 nitrogen and oxygen atoms in total. The van der Waals surface area contributed by atoms with Gasteiger partial charge in [0.15, 0.2) is 12.6 Å². The molecule has 0 aliphatic carbocycles. The molecule has 3 aliphatic rings. The molecule has 0 amide bonds. The maximum atomic E-state index is 14.3. The van der Waals surface area contributed by atoms with Crippen LogP contribution in [-0.4, -0.2) is 168 Å². The number of carbonyl (C=O) groups is 1. The maximum Gasteiger partial charge on any atom is 0.311 e. The van der Waals surface area contributed by atoms with Crippen LogP contribution in [0.1, 0.15) is 94.9 Å². The van der Waals surface area contributed by atoms with Gasteiger partial charge in [-0.1, -0.05) is 32.9 Å².